The molecule has 0 aliphatic rings. The molecule has 1 rings (SSSR count). The van der Waals surface area contributed by atoms with Crippen LogP contribution in [0.25, 0.3) is 0 Å². The summed E-state index contributed by atoms with van der Waals surface area (Å²) in [5.74, 6) is -0.0947. The quantitative estimate of drug-likeness (QED) is 0.820. The second-order valence-corrected chi connectivity index (χ2v) is 4.57. The third-order valence-electron chi connectivity index (χ3n) is 2.96. The van der Waals surface area contributed by atoms with Gasteiger partial charge in [-0.25, -0.2) is 0 Å². The summed E-state index contributed by atoms with van der Waals surface area (Å²) in [5, 5.41) is 0. The minimum atomic E-state index is -0.169. The number of hydrogen-bond acceptors (Lipinski definition) is 3. The molecule has 1 atom stereocenters. The molecule has 18 heavy (non-hydrogen) atoms. The molecule has 1 unspecified atom stereocenters. The Kier molecular flexibility index (Phi) is 5.82. The van der Waals surface area contributed by atoms with Crippen LogP contribution in [0.5, 0.6) is 0 Å². The van der Waals surface area contributed by atoms with Crippen molar-refractivity contribution in [1.82, 2.24) is 4.90 Å². The molecule has 100 valence electrons. The summed E-state index contributed by atoms with van der Waals surface area (Å²) in [4.78, 5) is 13.6. The Balaban J connectivity index is 2.84. The number of rotatable bonds is 6. The van der Waals surface area contributed by atoms with Crippen LogP contribution in [-0.4, -0.2) is 38.6 Å². The zero-order valence-electron chi connectivity index (χ0n) is 11.3. The van der Waals surface area contributed by atoms with E-state index in [0.29, 0.717) is 19.6 Å². The third-order valence-corrected chi connectivity index (χ3v) is 2.96. The molecule has 1 aromatic carbocycles. The van der Waals surface area contributed by atoms with Crippen molar-refractivity contribution in [1.29, 1.82) is 0 Å². The Bertz CT molecular complexity index is 391. The van der Waals surface area contributed by atoms with E-state index in [1.54, 1.807) is 26.1 Å². The van der Waals surface area contributed by atoms with Gasteiger partial charge in [0.15, 0.2) is 0 Å². The topological polar surface area (TPSA) is 55.6 Å². The van der Waals surface area contributed by atoms with Crippen molar-refractivity contribution in [2.45, 2.75) is 13.0 Å². The Hall–Kier alpha value is -1.39. The Morgan fingerprint density at radius 1 is 1.33 bits per heavy atom. The van der Waals surface area contributed by atoms with Crippen molar-refractivity contribution in [2.75, 3.05) is 27.7 Å². The van der Waals surface area contributed by atoms with E-state index in [9.17, 15) is 4.79 Å². The second kappa shape index (κ2) is 7.13. The molecule has 0 aliphatic carbocycles. The molecule has 0 saturated heterocycles. The third kappa shape index (κ3) is 3.82. The van der Waals surface area contributed by atoms with Gasteiger partial charge in [-0.05, 0) is 17.5 Å². The van der Waals surface area contributed by atoms with Crippen molar-refractivity contribution >= 4 is 5.91 Å². The zero-order valence-corrected chi connectivity index (χ0v) is 11.3. The SMILES string of the molecule is COCc1ccccc1CC(CN)C(=O)N(C)C. The van der Waals surface area contributed by atoms with Crippen LogP contribution in [0.1, 0.15) is 11.1 Å². The monoisotopic (exact) mass is 250 g/mol. The molecule has 4 nitrogen and oxygen atoms in total. The molecule has 0 spiro atoms. The number of methoxy groups -OCH3 is 1. The van der Waals surface area contributed by atoms with Gasteiger partial charge < -0.3 is 15.4 Å². The zero-order chi connectivity index (χ0) is 13.5. The highest BCUT2D eigenvalue weighted by molar-refractivity contribution is 5.78. The number of carbonyl (C=O) groups excluding carboxylic acids is 1. The van der Waals surface area contributed by atoms with Gasteiger partial charge in [0.2, 0.25) is 5.91 Å². The van der Waals surface area contributed by atoms with Gasteiger partial charge in [0.05, 0.1) is 12.5 Å². The van der Waals surface area contributed by atoms with Gasteiger partial charge in [-0.2, -0.15) is 0 Å². The Morgan fingerprint density at radius 2 is 1.94 bits per heavy atom. The van der Waals surface area contributed by atoms with E-state index in [1.807, 2.05) is 24.3 Å². The largest absolute Gasteiger partial charge is 0.380 e. The lowest BCUT2D eigenvalue weighted by Crippen LogP contribution is -2.35. The standard InChI is InChI=1S/C14H22N2O2/c1-16(2)14(17)13(9-15)8-11-6-4-5-7-12(11)10-18-3/h4-7,13H,8-10,15H2,1-3H3. The van der Waals surface area contributed by atoms with Crippen LogP contribution in [0.3, 0.4) is 0 Å². The average molecular weight is 250 g/mol. The molecule has 0 fully saturated rings. The maximum absolute atomic E-state index is 12.0. The molecule has 0 aromatic heterocycles. The van der Waals surface area contributed by atoms with Gasteiger partial charge in [-0.3, -0.25) is 4.79 Å². The summed E-state index contributed by atoms with van der Waals surface area (Å²) in [6, 6.07) is 8.00. The molecule has 2 N–H and O–H groups in total. The summed E-state index contributed by atoms with van der Waals surface area (Å²) in [7, 11) is 5.18. The van der Waals surface area contributed by atoms with Crippen LogP contribution in [0.15, 0.2) is 24.3 Å². The normalized spacial score (nSPS) is 12.2. The number of ether oxygens (including phenoxy) is 1. The van der Waals surface area contributed by atoms with Crippen LogP contribution in [0.2, 0.25) is 0 Å². The molecule has 0 aliphatic heterocycles. The summed E-state index contributed by atoms with van der Waals surface area (Å²) in [6.07, 6.45) is 0.660. The van der Waals surface area contributed by atoms with E-state index < -0.39 is 0 Å². The van der Waals surface area contributed by atoms with Crippen molar-refractivity contribution in [3.63, 3.8) is 0 Å². The van der Waals surface area contributed by atoms with Crippen LogP contribution in [-0.2, 0) is 22.6 Å². The van der Waals surface area contributed by atoms with Crippen molar-refractivity contribution in [3.8, 4) is 0 Å². The lowest BCUT2D eigenvalue weighted by Gasteiger charge is -2.20. The number of benzene rings is 1. The number of carbonyl (C=O) groups is 1. The van der Waals surface area contributed by atoms with Crippen LogP contribution < -0.4 is 5.73 Å². The second-order valence-electron chi connectivity index (χ2n) is 4.57. The van der Waals surface area contributed by atoms with Crippen LogP contribution >= 0.6 is 0 Å². The van der Waals surface area contributed by atoms with E-state index >= 15 is 0 Å². The molecule has 4 heteroatoms. The van der Waals surface area contributed by atoms with Crippen molar-refractivity contribution in [2.24, 2.45) is 11.7 Å². The number of hydrogen-bond donors (Lipinski definition) is 1. The first-order valence-corrected chi connectivity index (χ1v) is 6.07. The average Bonchev–Trinajstić information content (AvgIpc) is 2.37. The highest BCUT2D eigenvalue weighted by atomic mass is 16.5. The van der Waals surface area contributed by atoms with Gasteiger partial charge >= 0.3 is 0 Å². The maximum Gasteiger partial charge on any atom is 0.226 e. The fraction of sp³-hybridized carbons (Fsp3) is 0.500. The number of amides is 1. The van der Waals surface area contributed by atoms with E-state index in [4.69, 9.17) is 10.5 Å². The molecule has 0 radical (unpaired) electrons. The van der Waals surface area contributed by atoms with Crippen molar-refractivity contribution in [3.05, 3.63) is 35.4 Å². The van der Waals surface area contributed by atoms with Gasteiger partial charge in [-0.1, -0.05) is 24.3 Å². The molecule has 0 heterocycles. The van der Waals surface area contributed by atoms with Gasteiger partial charge in [0.25, 0.3) is 0 Å². The molecule has 1 amide bonds. The minimum absolute atomic E-state index is 0.0738. The molecule has 0 saturated carbocycles. The summed E-state index contributed by atoms with van der Waals surface area (Å²) < 4.78 is 5.17. The number of nitrogens with zero attached hydrogens (tertiary/aromatic N) is 1. The van der Waals surface area contributed by atoms with Gasteiger partial charge in [-0.15, -0.1) is 0 Å². The predicted octanol–water partition coefficient (Wildman–Crippen LogP) is 1.04. The highest BCUT2D eigenvalue weighted by Crippen LogP contribution is 2.15. The molecular formula is C14H22N2O2. The molecule has 0 bridgehead atoms. The highest BCUT2D eigenvalue weighted by Gasteiger charge is 2.20. The van der Waals surface area contributed by atoms with E-state index in [1.165, 1.54) is 0 Å². The summed E-state index contributed by atoms with van der Waals surface area (Å²) in [6.45, 7) is 0.919. The first-order valence-electron chi connectivity index (χ1n) is 6.07. The lowest BCUT2D eigenvalue weighted by molar-refractivity contribution is -0.132. The van der Waals surface area contributed by atoms with Crippen LogP contribution in [0, 0.1) is 5.92 Å². The first-order chi connectivity index (χ1) is 8.60. The van der Waals surface area contributed by atoms with E-state index in [0.717, 1.165) is 11.1 Å². The maximum atomic E-state index is 12.0. The molecular weight excluding hydrogens is 228 g/mol. The summed E-state index contributed by atoms with van der Waals surface area (Å²) in [5.41, 5.74) is 7.95. The predicted molar refractivity (Wildman–Crippen MR) is 72.1 cm³/mol. The van der Waals surface area contributed by atoms with E-state index in [-0.39, 0.29) is 11.8 Å². The first kappa shape index (κ1) is 14.7. The Morgan fingerprint density at radius 3 is 2.44 bits per heavy atom. The lowest BCUT2D eigenvalue weighted by atomic mass is 9.95. The summed E-state index contributed by atoms with van der Waals surface area (Å²) >= 11 is 0. The minimum Gasteiger partial charge on any atom is -0.380 e. The smallest absolute Gasteiger partial charge is 0.226 e. The fourth-order valence-corrected chi connectivity index (χ4v) is 1.96. The van der Waals surface area contributed by atoms with Gasteiger partial charge in [0.1, 0.15) is 0 Å². The molecule has 1 aromatic rings. The van der Waals surface area contributed by atoms with Crippen molar-refractivity contribution < 1.29 is 9.53 Å². The van der Waals surface area contributed by atoms with Crippen LogP contribution in [0.4, 0.5) is 0 Å². The fourth-order valence-electron chi connectivity index (χ4n) is 1.96. The van der Waals surface area contributed by atoms with Gasteiger partial charge in [0, 0.05) is 27.7 Å². The number of nitrogens with two attached hydrogens (primary N) is 1. The Labute approximate surface area is 109 Å². The van der Waals surface area contributed by atoms with E-state index in [2.05, 4.69) is 0 Å².